The van der Waals surface area contributed by atoms with E-state index < -0.39 is 32.3 Å². The molecule has 0 N–H and O–H groups in total. The molecule has 1 unspecified atom stereocenters. The lowest BCUT2D eigenvalue weighted by Crippen LogP contribution is -2.67. The zero-order valence-corrected chi connectivity index (χ0v) is 35.0. The van der Waals surface area contributed by atoms with Crippen molar-refractivity contribution in [3.05, 3.63) is 140 Å². The van der Waals surface area contributed by atoms with Crippen LogP contribution in [0.1, 0.15) is 90.1 Å². The number of fused-ring (bicyclic) bond motifs is 3. The Labute approximate surface area is 338 Å². The van der Waals surface area contributed by atoms with Crippen LogP contribution in [0.15, 0.2) is 102 Å². The van der Waals surface area contributed by atoms with Crippen LogP contribution in [0.4, 0.5) is 13.2 Å². The number of alkyl halides is 3. The van der Waals surface area contributed by atoms with Crippen molar-refractivity contribution in [3.63, 3.8) is 0 Å². The molecule has 0 saturated heterocycles. The molecule has 0 fully saturated rings. The van der Waals surface area contributed by atoms with Crippen molar-refractivity contribution >= 4 is 58.0 Å². The highest BCUT2D eigenvalue weighted by atomic mass is 79.9. The standard InChI is InChI=1S/C42H42BrClF3N5O3Si/c1-26-20-36-33(24-50(26)39(53)28-16-18-34(43)35(44)21-28)38-40(54)51(27(2)29-17-19-37(48-22-29)42(45,46)47)23-30(52(38)49-36)25-55-56(41(3,4)5,31-12-8-6-9-13-31)32-14-10-7-11-15-32/h6-19,21-22,26-27,30H,20,23-25H2,1-5H3/t26-,27?,30+/m1/s1. The van der Waals surface area contributed by atoms with Gasteiger partial charge in [0.15, 0.2) is 0 Å². The maximum Gasteiger partial charge on any atom is 0.433 e. The van der Waals surface area contributed by atoms with Gasteiger partial charge in [0.2, 0.25) is 0 Å². The predicted molar refractivity (Wildman–Crippen MR) is 216 cm³/mol. The predicted octanol–water partition coefficient (Wildman–Crippen LogP) is 8.63. The minimum absolute atomic E-state index is 0.135. The fourth-order valence-corrected chi connectivity index (χ4v) is 13.1. The van der Waals surface area contributed by atoms with Crippen molar-refractivity contribution in [2.24, 2.45) is 0 Å². The Morgan fingerprint density at radius 2 is 1.64 bits per heavy atom. The first-order chi connectivity index (χ1) is 26.5. The van der Waals surface area contributed by atoms with E-state index in [0.717, 1.165) is 22.1 Å². The average molecular weight is 865 g/mol. The Kier molecular flexibility index (Phi) is 10.8. The molecule has 0 saturated carbocycles. The zero-order chi connectivity index (χ0) is 40.2. The van der Waals surface area contributed by atoms with Gasteiger partial charge in [-0.25, -0.2) is 0 Å². The van der Waals surface area contributed by atoms with Crippen LogP contribution in [-0.4, -0.2) is 63.9 Å². The number of hydrogen-bond donors (Lipinski definition) is 0. The second kappa shape index (κ2) is 15.2. The highest BCUT2D eigenvalue weighted by Crippen LogP contribution is 2.40. The van der Waals surface area contributed by atoms with E-state index in [0.29, 0.717) is 38.3 Å². The summed E-state index contributed by atoms with van der Waals surface area (Å²) in [6, 6.07) is 26.5. The third-order valence-corrected chi connectivity index (χ3v) is 17.3. The molecule has 14 heteroatoms. The molecule has 2 aliphatic heterocycles. The van der Waals surface area contributed by atoms with Crippen molar-refractivity contribution in [2.75, 3.05) is 13.2 Å². The van der Waals surface area contributed by atoms with Gasteiger partial charge in [0, 0.05) is 40.8 Å². The first-order valence-electron chi connectivity index (χ1n) is 18.5. The molecule has 0 bridgehead atoms. The van der Waals surface area contributed by atoms with E-state index in [-0.39, 0.29) is 42.6 Å². The van der Waals surface area contributed by atoms with Gasteiger partial charge in [0.1, 0.15) is 11.4 Å². The van der Waals surface area contributed by atoms with Gasteiger partial charge in [-0.1, -0.05) is 99.1 Å². The van der Waals surface area contributed by atoms with E-state index in [1.807, 2.05) is 43.3 Å². The Morgan fingerprint density at radius 3 is 2.20 bits per heavy atom. The molecule has 3 atom stereocenters. The highest BCUT2D eigenvalue weighted by Gasteiger charge is 2.51. The number of carbonyl (C=O) groups excluding carboxylic acids is 2. The molecular formula is C42H42BrClF3N5O3Si. The SMILES string of the molecule is CC(c1ccc(C(F)(F)F)nc1)N1C[C@@H](CO[Si](c2ccccc2)(c2ccccc2)C(C)(C)C)n2nc3c(c2C1=O)CN(C(=O)c1ccc(Br)c(Cl)c1)[C@H](C)C3. The molecule has 8 nitrogen and oxygen atoms in total. The number of halogens is 5. The Morgan fingerprint density at radius 1 is 1.00 bits per heavy atom. The summed E-state index contributed by atoms with van der Waals surface area (Å²) < 4.78 is 50.2. The maximum absolute atomic E-state index is 14.8. The lowest BCUT2D eigenvalue weighted by molar-refractivity contribution is -0.141. The molecule has 2 amide bonds. The average Bonchev–Trinajstić information content (AvgIpc) is 3.55. The largest absolute Gasteiger partial charge is 0.433 e. The first-order valence-corrected chi connectivity index (χ1v) is 21.5. The number of pyridine rings is 1. The lowest BCUT2D eigenvalue weighted by Gasteiger charge is -2.45. The molecule has 292 valence electrons. The van der Waals surface area contributed by atoms with E-state index >= 15 is 0 Å². The number of benzene rings is 3. The van der Waals surface area contributed by atoms with E-state index in [9.17, 15) is 22.8 Å². The van der Waals surface area contributed by atoms with E-state index in [1.54, 1.807) is 39.6 Å². The van der Waals surface area contributed by atoms with E-state index in [4.69, 9.17) is 21.1 Å². The van der Waals surface area contributed by atoms with Crippen LogP contribution in [0, 0.1) is 0 Å². The van der Waals surface area contributed by atoms with Crippen LogP contribution < -0.4 is 10.4 Å². The second-order valence-corrected chi connectivity index (χ2v) is 21.1. The fraction of sp³-hybridized carbons (Fsp3) is 0.333. The second-order valence-electron chi connectivity index (χ2n) is 15.6. The van der Waals surface area contributed by atoms with Gasteiger partial charge >= 0.3 is 6.18 Å². The number of hydrogen-bond acceptors (Lipinski definition) is 5. The Bertz CT molecular complexity index is 2210. The summed E-state index contributed by atoms with van der Waals surface area (Å²) >= 11 is 9.76. The van der Waals surface area contributed by atoms with Crippen LogP contribution in [0.3, 0.4) is 0 Å². The zero-order valence-electron chi connectivity index (χ0n) is 31.6. The smallest absolute Gasteiger partial charge is 0.405 e. The Hall–Kier alpha value is -4.30. The summed E-state index contributed by atoms with van der Waals surface area (Å²) in [7, 11) is -3.03. The van der Waals surface area contributed by atoms with Crippen LogP contribution in [-0.2, 0) is 23.6 Å². The number of aromatic nitrogens is 3. The normalized spacial score (nSPS) is 18.1. The van der Waals surface area contributed by atoms with Gasteiger partial charge in [-0.2, -0.15) is 18.3 Å². The van der Waals surface area contributed by atoms with Crippen LogP contribution in [0.5, 0.6) is 0 Å². The van der Waals surface area contributed by atoms with Gasteiger partial charge in [-0.3, -0.25) is 19.3 Å². The van der Waals surface area contributed by atoms with Gasteiger partial charge < -0.3 is 14.2 Å². The van der Waals surface area contributed by atoms with E-state index in [1.165, 1.54) is 12.3 Å². The summed E-state index contributed by atoms with van der Waals surface area (Å²) in [6.07, 6.45) is -3.00. The topological polar surface area (TPSA) is 80.6 Å². The lowest BCUT2D eigenvalue weighted by atomic mass is 9.96. The summed E-state index contributed by atoms with van der Waals surface area (Å²) in [5.74, 6) is -0.560. The molecular weight excluding hydrogens is 823 g/mol. The molecule has 56 heavy (non-hydrogen) atoms. The molecule has 7 rings (SSSR count). The summed E-state index contributed by atoms with van der Waals surface area (Å²) in [5.41, 5.74) is 1.57. The molecule has 0 aliphatic carbocycles. The number of nitrogens with zero attached hydrogens (tertiary/aromatic N) is 5. The molecule has 3 aromatic carbocycles. The molecule has 0 radical (unpaired) electrons. The van der Waals surface area contributed by atoms with E-state index in [2.05, 4.69) is 66.0 Å². The fourth-order valence-electron chi connectivity index (χ4n) is 8.08. The number of rotatable bonds is 8. The van der Waals surface area contributed by atoms with Crippen LogP contribution in [0.2, 0.25) is 10.1 Å². The number of carbonyl (C=O) groups is 2. The monoisotopic (exact) mass is 863 g/mol. The van der Waals surface area contributed by atoms with Gasteiger partial charge in [0.05, 0.1) is 36.0 Å². The summed E-state index contributed by atoms with van der Waals surface area (Å²) in [4.78, 5) is 35.8. The maximum atomic E-state index is 14.8. The van der Waals surface area contributed by atoms with Crippen LogP contribution in [0.25, 0.3) is 0 Å². The Balaban J connectivity index is 1.31. The van der Waals surface area contributed by atoms with Crippen molar-refractivity contribution in [1.82, 2.24) is 24.6 Å². The van der Waals surface area contributed by atoms with Crippen molar-refractivity contribution < 1.29 is 27.2 Å². The quantitative estimate of drug-likeness (QED) is 0.146. The van der Waals surface area contributed by atoms with Crippen molar-refractivity contribution in [2.45, 2.75) is 76.9 Å². The molecule has 0 spiro atoms. The molecule has 2 aliphatic rings. The minimum Gasteiger partial charge on any atom is -0.405 e. The van der Waals surface area contributed by atoms with Gasteiger partial charge in [0.25, 0.3) is 20.1 Å². The molecule has 4 heterocycles. The van der Waals surface area contributed by atoms with Crippen LogP contribution >= 0.6 is 27.5 Å². The van der Waals surface area contributed by atoms with Crippen molar-refractivity contribution in [1.29, 1.82) is 0 Å². The number of amides is 2. The first kappa shape index (κ1) is 39.9. The molecule has 2 aromatic heterocycles. The van der Waals surface area contributed by atoms with Crippen molar-refractivity contribution in [3.8, 4) is 0 Å². The summed E-state index contributed by atoms with van der Waals surface area (Å²) in [6.45, 7) is 10.8. The van der Waals surface area contributed by atoms with Gasteiger partial charge in [-0.05, 0) is 75.0 Å². The third kappa shape index (κ3) is 7.23. The minimum atomic E-state index is -4.60. The van der Waals surface area contributed by atoms with Gasteiger partial charge in [-0.15, -0.1) is 0 Å². The molecule has 5 aromatic rings. The third-order valence-electron chi connectivity index (χ3n) is 11.0. The highest BCUT2D eigenvalue weighted by molar-refractivity contribution is 9.10. The summed E-state index contributed by atoms with van der Waals surface area (Å²) in [5, 5.41) is 7.37.